The maximum atomic E-state index is 12.1. The summed E-state index contributed by atoms with van der Waals surface area (Å²) in [6, 6.07) is 13.8. The standard InChI is InChI=1S/C18H15ClN6O3S/c1-12-21-23-18(24(12)14-5-3-2-4-6-14)29-11-17(26)22-20-10-13-7-8-16(25(27)28)15(19)9-13/h2-10H,11H2,1H3,(H,22,26)/b20-10+. The van der Waals surface area contributed by atoms with Crippen molar-refractivity contribution in [1.82, 2.24) is 20.2 Å². The van der Waals surface area contributed by atoms with E-state index >= 15 is 0 Å². The number of benzene rings is 2. The van der Waals surface area contributed by atoms with Crippen LogP contribution in [-0.2, 0) is 4.79 Å². The van der Waals surface area contributed by atoms with E-state index in [9.17, 15) is 14.9 Å². The highest BCUT2D eigenvalue weighted by atomic mass is 35.5. The summed E-state index contributed by atoms with van der Waals surface area (Å²) >= 11 is 7.07. The Labute approximate surface area is 174 Å². The van der Waals surface area contributed by atoms with Crippen LogP contribution in [0.5, 0.6) is 0 Å². The zero-order valence-electron chi connectivity index (χ0n) is 15.2. The van der Waals surface area contributed by atoms with E-state index in [1.54, 1.807) is 0 Å². The first-order valence-corrected chi connectivity index (χ1v) is 9.68. The zero-order chi connectivity index (χ0) is 20.8. The number of nitrogens with one attached hydrogen (secondary N) is 1. The van der Waals surface area contributed by atoms with Gasteiger partial charge in [-0.05, 0) is 36.8 Å². The molecule has 0 unspecified atom stereocenters. The SMILES string of the molecule is Cc1nnc(SCC(=O)N/N=C/c2ccc([N+](=O)[O-])c(Cl)c2)n1-c1ccccc1. The van der Waals surface area contributed by atoms with Gasteiger partial charge in [-0.25, -0.2) is 5.43 Å². The van der Waals surface area contributed by atoms with Gasteiger partial charge in [-0.2, -0.15) is 5.10 Å². The quantitative estimate of drug-likeness (QED) is 0.266. The van der Waals surface area contributed by atoms with Gasteiger partial charge in [-0.3, -0.25) is 19.5 Å². The van der Waals surface area contributed by atoms with E-state index in [0.29, 0.717) is 16.5 Å². The minimum atomic E-state index is -0.571. The summed E-state index contributed by atoms with van der Waals surface area (Å²) in [5.74, 6) is 0.468. The lowest BCUT2D eigenvalue weighted by Gasteiger charge is -2.07. The van der Waals surface area contributed by atoms with E-state index in [-0.39, 0.29) is 22.4 Å². The number of amides is 1. The lowest BCUT2D eigenvalue weighted by atomic mass is 10.2. The molecule has 1 N–H and O–H groups in total. The smallest absolute Gasteiger partial charge is 0.274 e. The lowest BCUT2D eigenvalue weighted by molar-refractivity contribution is -0.384. The number of hydrogen-bond acceptors (Lipinski definition) is 7. The minimum absolute atomic E-state index is 0.00329. The predicted molar refractivity (Wildman–Crippen MR) is 111 cm³/mol. The monoisotopic (exact) mass is 430 g/mol. The number of nitro groups is 1. The Bertz CT molecular complexity index is 1070. The molecule has 0 aliphatic rings. The second-order valence-corrected chi connectivity index (χ2v) is 7.10. The third kappa shape index (κ3) is 5.18. The van der Waals surface area contributed by atoms with E-state index in [0.717, 1.165) is 5.69 Å². The summed E-state index contributed by atoms with van der Waals surface area (Å²) in [6.45, 7) is 1.84. The molecule has 3 rings (SSSR count). The Balaban J connectivity index is 1.58. The summed E-state index contributed by atoms with van der Waals surface area (Å²) < 4.78 is 1.86. The van der Waals surface area contributed by atoms with Crippen LogP contribution in [0.1, 0.15) is 11.4 Å². The Hall–Kier alpha value is -3.24. The van der Waals surface area contributed by atoms with Crippen molar-refractivity contribution in [2.75, 3.05) is 5.75 Å². The third-order valence-corrected chi connectivity index (χ3v) is 4.94. The average molecular weight is 431 g/mol. The molecule has 0 atom stereocenters. The van der Waals surface area contributed by atoms with Gasteiger partial charge in [0.2, 0.25) is 0 Å². The van der Waals surface area contributed by atoms with Gasteiger partial charge in [0.25, 0.3) is 11.6 Å². The van der Waals surface area contributed by atoms with Gasteiger partial charge in [0.1, 0.15) is 10.8 Å². The van der Waals surface area contributed by atoms with E-state index in [1.165, 1.54) is 36.2 Å². The summed E-state index contributed by atoms with van der Waals surface area (Å²) in [6.07, 6.45) is 1.36. The number of para-hydroxylation sites is 1. The van der Waals surface area contributed by atoms with Gasteiger partial charge in [-0.15, -0.1) is 10.2 Å². The summed E-state index contributed by atoms with van der Waals surface area (Å²) in [4.78, 5) is 22.2. The minimum Gasteiger partial charge on any atom is -0.274 e. The summed E-state index contributed by atoms with van der Waals surface area (Å²) in [5, 5.41) is 23.4. The number of thioether (sulfide) groups is 1. The fraction of sp³-hybridized carbons (Fsp3) is 0.111. The average Bonchev–Trinajstić information content (AvgIpc) is 3.07. The zero-order valence-corrected chi connectivity index (χ0v) is 16.7. The van der Waals surface area contributed by atoms with Crippen LogP contribution in [0.3, 0.4) is 0 Å². The molecule has 0 aliphatic carbocycles. The number of hydrogen-bond donors (Lipinski definition) is 1. The molecule has 1 heterocycles. The molecule has 0 fully saturated rings. The number of halogens is 1. The molecule has 1 amide bonds. The molecule has 0 aliphatic heterocycles. The largest absolute Gasteiger partial charge is 0.287 e. The molecule has 148 valence electrons. The number of hydrazone groups is 1. The van der Waals surface area contributed by atoms with Gasteiger partial charge < -0.3 is 0 Å². The van der Waals surface area contributed by atoms with Crippen LogP contribution in [0.25, 0.3) is 5.69 Å². The molecule has 29 heavy (non-hydrogen) atoms. The fourth-order valence-electron chi connectivity index (χ4n) is 2.40. The van der Waals surface area contributed by atoms with Crippen LogP contribution in [0.15, 0.2) is 58.8 Å². The number of rotatable bonds is 7. The van der Waals surface area contributed by atoms with Crippen LogP contribution in [0.2, 0.25) is 5.02 Å². The number of carbonyl (C=O) groups is 1. The van der Waals surface area contributed by atoms with Crippen molar-refractivity contribution < 1.29 is 9.72 Å². The van der Waals surface area contributed by atoms with Crippen molar-refractivity contribution in [2.45, 2.75) is 12.1 Å². The van der Waals surface area contributed by atoms with Crippen molar-refractivity contribution in [3.8, 4) is 5.69 Å². The van der Waals surface area contributed by atoms with E-state index in [1.807, 2.05) is 41.8 Å². The molecule has 0 radical (unpaired) electrons. The van der Waals surface area contributed by atoms with Crippen molar-refractivity contribution in [2.24, 2.45) is 5.10 Å². The molecule has 1 aromatic heterocycles. The summed E-state index contributed by atoms with van der Waals surface area (Å²) in [5.41, 5.74) is 3.64. The molecule has 9 nitrogen and oxygen atoms in total. The molecule has 0 saturated heterocycles. The predicted octanol–water partition coefficient (Wildman–Crippen LogP) is 3.38. The molecule has 3 aromatic rings. The van der Waals surface area contributed by atoms with Gasteiger partial charge in [-0.1, -0.05) is 41.6 Å². The Kier molecular flexibility index (Phi) is 6.57. The van der Waals surface area contributed by atoms with Crippen LogP contribution in [-0.4, -0.2) is 37.6 Å². The highest BCUT2D eigenvalue weighted by Crippen LogP contribution is 2.24. The van der Waals surface area contributed by atoms with Crippen LogP contribution in [0, 0.1) is 17.0 Å². The van der Waals surface area contributed by atoms with E-state index in [4.69, 9.17) is 11.6 Å². The van der Waals surface area contributed by atoms with E-state index < -0.39 is 4.92 Å². The van der Waals surface area contributed by atoms with Crippen molar-refractivity contribution in [3.05, 3.63) is 75.1 Å². The van der Waals surface area contributed by atoms with Gasteiger partial charge in [0.05, 0.1) is 16.9 Å². The first kappa shape index (κ1) is 20.5. The Morgan fingerprint density at radius 1 is 1.31 bits per heavy atom. The normalized spacial score (nSPS) is 11.0. The van der Waals surface area contributed by atoms with Crippen molar-refractivity contribution in [1.29, 1.82) is 0 Å². The Morgan fingerprint density at radius 3 is 2.76 bits per heavy atom. The summed E-state index contributed by atoms with van der Waals surface area (Å²) in [7, 11) is 0. The van der Waals surface area contributed by atoms with Crippen molar-refractivity contribution in [3.63, 3.8) is 0 Å². The lowest BCUT2D eigenvalue weighted by Crippen LogP contribution is -2.20. The highest BCUT2D eigenvalue weighted by Gasteiger charge is 2.13. The molecular formula is C18H15ClN6O3S. The van der Waals surface area contributed by atoms with E-state index in [2.05, 4.69) is 20.7 Å². The molecule has 0 saturated carbocycles. The molecular weight excluding hydrogens is 416 g/mol. The second-order valence-electron chi connectivity index (χ2n) is 5.75. The number of carbonyl (C=O) groups excluding carboxylic acids is 1. The molecule has 0 bridgehead atoms. The number of aromatic nitrogens is 3. The first-order chi connectivity index (χ1) is 14.0. The molecule has 0 spiro atoms. The van der Waals surface area contributed by atoms with Crippen LogP contribution in [0.4, 0.5) is 5.69 Å². The van der Waals surface area contributed by atoms with Gasteiger partial charge >= 0.3 is 0 Å². The number of nitrogens with zero attached hydrogens (tertiary/aromatic N) is 5. The van der Waals surface area contributed by atoms with Crippen LogP contribution >= 0.6 is 23.4 Å². The van der Waals surface area contributed by atoms with Crippen molar-refractivity contribution >= 4 is 41.2 Å². The maximum absolute atomic E-state index is 12.1. The van der Waals surface area contributed by atoms with Gasteiger partial charge in [0.15, 0.2) is 5.16 Å². The van der Waals surface area contributed by atoms with Gasteiger partial charge in [0, 0.05) is 11.8 Å². The molecule has 2 aromatic carbocycles. The number of aryl methyl sites for hydroxylation is 1. The molecule has 11 heteroatoms. The Morgan fingerprint density at radius 2 is 2.07 bits per heavy atom. The fourth-order valence-corrected chi connectivity index (χ4v) is 3.45. The van der Waals surface area contributed by atoms with Crippen LogP contribution < -0.4 is 5.43 Å². The highest BCUT2D eigenvalue weighted by molar-refractivity contribution is 7.99. The maximum Gasteiger partial charge on any atom is 0.287 e. The topological polar surface area (TPSA) is 115 Å². The third-order valence-electron chi connectivity index (χ3n) is 3.71. The second kappa shape index (κ2) is 9.30. The first-order valence-electron chi connectivity index (χ1n) is 8.32. The number of nitro benzene ring substituents is 1.